The normalized spacial score (nSPS) is 35.0. The van der Waals surface area contributed by atoms with E-state index in [1.54, 1.807) is 13.8 Å². The van der Waals surface area contributed by atoms with E-state index in [2.05, 4.69) is 10.0 Å². The van der Waals surface area contributed by atoms with Crippen LogP contribution in [0.5, 0.6) is 0 Å². The number of amides is 1. The quantitative estimate of drug-likeness (QED) is 0.252. The van der Waals surface area contributed by atoms with Gasteiger partial charge in [0.2, 0.25) is 5.91 Å². The Kier molecular flexibility index (Phi) is 3.29. The summed E-state index contributed by atoms with van der Waals surface area (Å²) in [7, 11) is 1.37. The van der Waals surface area contributed by atoms with Crippen molar-refractivity contribution in [3.05, 3.63) is 21.8 Å². The molecule has 0 radical (unpaired) electrons. The van der Waals surface area contributed by atoms with Crippen molar-refractivity contribution in [2.45, 2.75) is 32.8 Å². The van der Waals surface area contributed by atoms with Gasteiger partial charge in [-0.3, -0.25) is 14.4 Å². The number of methoxy groups -OCH3 is 1. The molecule has 0 aromatic rings. The Balaban J connectivity index is 2.64. The number of ether oxygens (including phenoxy) is 2. The Morgan fingerprint density at radius 1 is 1.48 bits per heavy atom. The van der Waals surface area contributed by atoms with E-state index in [0.29, 0.717) is 5.57 Å². The number of esters is 1. The van der Waals surface area contributed by atoms with Crippen molar-refractivity contribution in [3.63, 3.8) is 0 Å². The Hall–Kier alpha value is -2.34. The molecule has 1 heterocycles. The molecule has 0 N–H and O–H groups in total. The Labute approximate surface area is 120 Å². The lowest BCUT2D eigenvalue weighted by atomic mass is 9.65. The molecule has 0 aromatic heterocycles. The topological polar surface area (TPSA) is 118 Å². The molecule has 0 bridgehead atoms. The summed E-state index contributed by atoms with van der Waals surface area (Å²) in [5.74, 6) is -2.54. The number of ketones is 1. The second-order valence-electron chi connectivity index (χ2n) is 5.53. The molecule has 2 aliphatic rings. The number of fused-ring (bicyclic) bond motifs is 1. The van der Waals surface area contributed by atoms with Crippen LogP contribution in [0.4, 0.5) is 0 Å². The number of rotatable bonds is 2. The zero-order chi connectivity index (χ0) is 16.0. The fraction of sp³-hybridized carbons (Fsp3) is 0.615. The van der Waals surface area contributed by atoms with Gasteiger partial charge in [0.05, 0.1) is 7.11 Å². The zero-order valence-electron chi connectivity index (χ0n) is 12.2. The van der Waals surface area contributed by atoms with E-state index in [1.165, 1.54) is 14.0 Å². The highest BCUT2D eigenvalue weighted by Crippen LogP contribution is 2.54. The van der Waals surface area contributed by atoms with Crippen LogP contribution < -0.4 is 0 Å². The molecule has 3 atom stereocenters. The number of nitrogens with zero attached hydrogens (tertiary/aromatic N) is 3. The molecule has 1 aliphatic heterocycles. The molecule has 0 spiro atoms. The van der Waals surface area contributed by atoms with Crippen molar-refractivity contribution < 1.29 is 23.9 Å². The fourth-order valence-electron chi connectivity index (χ4n) is 3.24. The van der Waals surface area contributed by atoms with Gasteiger partial charge >= 0.3 is 5.97 Å². The Bertz CT molecular complexity index is 634. The van der Waals surface area contributed by atoms with Gasteiger partial charge in [-0.2, -0.15) is 0 Å². The summed E-state index contributed by atoms with van der Waals surface area (Å²) < 4.78 is 10.6. The predicted molar refractivity (Wildman–Crippen MR) is 69.6 cm³/mol. The van der Waals surface area contributed by atoms with Crippen molar-refractivity contribution in [2.75, 3.05) is 7.11 Å². The largest absolute Gasteiger partial charge is 0.496 e. The van der Waals surface area contributed by atoms with Gasteiger partial charge in [-0.05, 0) is 31.4 Å². The van der Waals surface area contributed by atoms with Crippen LogP contribution in [-0.2, 0) is 23.9 Å². The average molecular weight is 293 g/mol. The Morgan fingerprint density at radius 3 is 2.62 bits per heavy atom. The first-order valence-electron chi connectivity index (χ1n) is 6.35. The van der Waals surface area contributed by atoms with Crippen molar-refractivity contribution in [2.24, 2.45) is 16.4 Å². The van der Waals surface area contributed by atoms with E-state index < -0.39 is 28.8 Å². The molecular formula is C13H15N3O5. The highest BCUT2D eigenvalue weighted by Gasteiger charge is 2.67. The maximum atomic E-state index is 12.2. The molecule has 1 saturated heterocycles. The predicted octanol–water partition coefficient (Wildman–Crippen LogP) is 1.65. The molecule has 0 aromatic carbocycles. The smallest absolute Gasteiger partial charge is 0.321 e. The van der Waals surface area contributed by atoms with Gasteiger partial charge in [-0.25, -0.2) is 0 Å². The molecule has 8 heteroatoms. The number of azide groups is 1. The van der Waals surface area contributed by atoms with Gasteiger partial charge in [0.1, 0.15) is 11.2 Å². The van der Waals surface area contributed by atoms with Crippen LogP contribution in [0.25, 0.3) is 10.4 Å². The minimum Gasteiger partial charge on any atom is -0.496 e. The van der Waals surface area contributed by atoms with E-state index in [9.17, 15) is 14.4 Å². The van der Waals surface area contributed by atoms with Gasteiger partial charge in [0.15, 0.2) is 11.4 Å². The summed E-state index contributed by atoms with van der Waals surface area (Å²) in [6.07, 6.45) is -0.0515. The lowest BCUT2D eigenvalue weighted by Crippen LogP contribution is -2.47. The molecule has 8 nitrogen and oxygen atoms in total. The number of carbonyl (C=O) groups excluding carboxylic acids is 3. The van der Waals surface area contributed by atoms with Crippen molar-refractivity contribution in [1.82, 2.24) is 0 Å². The number of Topliss-reactive ketones (excluding diaryl/α,β-unsaturated/α-hetero) is 1. The fourth-order valence-corrected chi connectivity index (χ4v) is 3.24. The molecule has 2 rings (SSSR count). The Morgan fingerprint density at radius 2 is 2.10 bits per heavy atom. The zero-order valence-corrected chi connectivity index (χ0v) is 12.2. The van der Waals surface area contributed by atoms with Crippen LogP contribution in [0.15, 0.2) is 16.4 Å². The van der Waals surface area contributed by atoms with E-state index in [0.717, 1.165) is 0 Å². The number of hydrogen-bond acceptors (Lipinski definition) is 5. The molecule has 1 aliphatic carbocycles. The summed E-state index contributed by atoms with van der Waals surface area (Å²) in [6.45, 7) is 4.52. The van der Waals surface area contributed by atoms with Crippen LogP contribution in [0, 0.1) is 11.3 Å². The molecule has 112 valence electrons. The number of hydrogen-bond donors (Lipinski definition) is 0. The van der Waals surface area contributed by atoms with Crippen LogP contribution >= 0.6 is 0 Å². The van der Waals surface area contributed by atoms with Crippen molar-refractivity contribution in [1.29, 1.82) is 0 Å². The molecule has 21 heavy (non-hydrogen) atoms. The van der Waals surface area contributed by atoms with Gasteiger partial charge in [-0.1, -0.05) is 0 Å². The van der Waals surface area contributed by atoms with Crippen molar-refractivity contribution >= 4 is 17.7 Å². The standard InChI is InChI=1S/C13H15N3O5/c1-6-7(17)5-8-12(2,10(18)15-16-14)11(19)21-13(8,3)9(6)20-4/h8H,5H2,1-4H3/t8-,12-,13+/m1/s1. The van der Waals surface area contributed by atoms with E-state index in [4.69, 9.17) is 15.0 Å². The summed E-state index contributed by atoms with van der Waals surface area (Å²) in [4.78, 5) is 38.8. The lowest BCUT2D eigenvalue weighted by molar-refractivity contribution is -0.155. The first kappa shape index (κ1) is 15.1. The minimum absolute atomic E-state index is 0.0515. The van der Waals surface area contributed by atoms with Crippen LogP contribution in [0.1, 0.15) is 27.2 Å². The highest BCUT2D eigenvalue weighted by atomic mass is 16.6. The third kappa shape index (κ3) is 1.76. The molecule has 0 saturated carbocycles. The number of allylic oxidation sites excluding steroid dienone is 1. The van der Waals surface area contributed by atoms with E-state index in [-0.39, 0.29) is 18.0 Å². The summed E-state index contributed by atoms with van der Waals surface area (Å²) in [5, 5.41) is 3.02. The van der Waals surface area contributed by atoms with Crippen LogP contribution in [-0.4, -0.2) is 30.4 Å². The summed E-state index contributed by atoms with van der Waals surface area (Å²) in [5.41, 5.74) is 5.88. The number of carbonyl (C=O) groups is 3. The average Bonchev–Trinajstić information content (AvgIpc) is 2.61. The van der Waals surface area contributed by atoms with Crippen LogP contribution in [0.3, 0.4) is 0 Å². The second kappa shape index (κ2) is 4.60. The molecular weight excluding hydrogens is 278 g/mol. The third-order valence-corrected chi connectivity index (χ3v) is 4.47. The third-order valence-electron chi connectivity index (χ3n) is 4.47. The van der Waals surface area contributed by atoms with E-state index >= 15 is 0 Å². The first-order chi connectivity index (χ1) is 9.73. The summed E-state index contributed by atoms with van der Waals surface area (Å²) in [6, 6.07) is 0. The van der Waals surface area contributed by atoms with Gasteiger partial charge in [0.25, 0.3) is 0 Å². The molecule has 1 fully saturated rings. The summed E-state index contributed by atoms with van der Waals surface area (Å²) >= 11 is 0. The van der Waals surface area contributed by atoms with E-state index in [1.807, 2.05) is 0 Å². The molecule has 0 unspecified atom stereocenters. The van der Waals surface area contributed by atoms with Crippen molar-refractivity contribution in [3.8, 4) is 0 Å². The second-order valence-corrected chi connectivity index (χ2v) is 5.53. The molecule has 1 amide bonds. The first-order valence-corrected chi connectivity index (χ1v) is 6.35. The van der Waals surface area contributed by atoms with Gasteiger partial charge < -0.3 is 9.47 Å². The maximum Gasteiger partial charge on any atom is 0.321 e. The van der Waals surface area contributed by atoms with Crippen LogP contribution in [0.2, 0.25) is 0 Å². The van der Waals surface area contributed by atoms with Gasteiger partial charge in [-0.15, -0.1) is 0 Å². The lowest BCUT2D eigenvalue weighted by Gasteiger charge is -2.38. The van der Waals surface area contributed by atoms with Gasteiger partial charge in [0, 0.05) is 22.8 Å². The monoisotopic (exact) mass is 293 g/mol. The minimum atomic E-state index is -1.69. The highest BCUT2D eigenvalue weighted by molar-refractivity contribution is 6.07. The SMILES string of the molecule is COC1=C(C)C(=O)C[C@@H]2[C@](C)(C(=O)N=[N+]=[N-])C(=O)O[C@]12C. The maximum absolute atomic E-state index is 12.2.